The minimum Gasteiger partial charge on any atom is -0.398 e. The van der Waals surface area contributed by atoms with Crippen molar-refractivity contribution in [2.45, 2.75) is 6.92 Å². The van der Waals surface area contributed by atoms with E-state index in [4.69, 9.17) is 5.73 Å². The van der Waals surface area contributed by atoms with Gasteiger partial charge in [0.25, 0.3) is 0 Å². The number of rotatable bonds is 0. The summed E-state index contributed by atoms with van der Waals surface area (Å²) in [7, 11) is 0. The molecule has 0 unspecified atom stereocenters. The molecule has 0 radical (unpaired) electrons. The fourth-order valence-corrected chi connectivity index (χ4v) is 2.15. The SMILES string of the molecule is Cc1ccc2cc3ccccc3cc2c1N. The molecule has 0 saturated carbocycles. The Bertz CT molecular complexity index is 683. The maximum absolute atomic E-state index is 6.11. The lowest BCUT2D eigenvalue weighted by Gasteiger charge is -2.07. The number of hydrogen-bond acceptors (Lipinski definition) is 1. The maximum atomic E-state index is 6.11. The Labute approximate surface area is 94.5 Å². The highest BCUT2D eigenvalue weighted by Gasteiger charge is 2.02. The molecule has 0 spiro atoms. The van der Waals surface area contributed by atoms with Crippen molar-refractivity contribution in [3.63, 3.8) is 0 Å². The molecule has 0 aromatic heterocycles. The van der Waals surface area contributed by atoms with Gasteiger partial charge in [0.05, 0.1) is 0 Å². The third kappa shape index (κ3) is 1.25. The van der Waals surface area contributed by atoms with Crippen LogP contribution in [0, 0.1) is 6.92 Å². The van der Waals surface area contributed by atoms with Gasteiger partial charge in [-0.3, -0.25) is 0 Å². The van der Waals surface area contributed by atoms with Gasteiger partial charge < -0.3 is 5.73 Å². The van der Waals surface area contributed by atoms with E-state index in [0.717, 1.165) is 16.6 Å². The fraction of sp³-hybridized carbons (Fsp3) is 0.0667. The van der Waals surface area contributed by atoms with Crippen LogP contribution in [0.1, 0.15) is 5.56 Å². The Morgan fingerprint density at radius 1 is 0.812 bits per heavy atom. The average molecular weight is 207 g/mol. The van der Waals surface area contributed by atoms with Crippen molar-refractivity contribution < 1.29 is 0 Å². The van der Waals surface area contributed by atoms with Crippen LogP contribution in [-0.4, -0.2) is 0 Å². The van der Waals surface area contributed by atoms with Crippen LogP contribution in [0.2, 0.25) is 0 Å². The molecule has 2 N–H and O–H groups in total. The van der Waals surface area contributed by atoms with Crippen molar-refractivity contribution in [1.82, 2.24) is 0 Å². The molecular formula is C15H13N. The van der Waals surface area contributed by atoms with E-state index < -0.39 is 0 Å². The first-order valence-electron chi connectivity index (χ1n) is 5.43. The van der Waals surface area contributed by atoms with Crippen molar-refractivity contribution in [3.8, 4) is 0 Å². The highest BCUT2D eigenvalue weighted by Crippen LogP contribution is 2.28. The quantitative estimate of drug-likeness (QED) is 0.439. The zero-order chi connectivity index (χ0) is 11.1. The molecule has 0 heterocycles. The van der Waals surface area contributed by atoms with Crippen molar-refractivity contribution in [2.75, 3.05) is 5.73 Å². The molecule has 0 saturated heterocycles. The molecule has 3 aromatic rings. The molecule has 0 fully saturated rings. The van der Waals surface area contributed by atoms with Crippen LogP contribution >= 0.6 is 0 Å². The van der Waals surface area contributed by atoms with E-state index in [-0.39, 0.29) is 0 Å². The van der Waals surface area contributed by atoms with Crippen LogP contribution in [0.4, 0.5) is 5.69 Å². The van der Waals surface area contributed by atoms with Crippen molar-refractivity contribution in [1.29, 1.82) is 0 Å². The lowest BCUT2D eigenvalue weighted by molar-refractivity contribution is 1.50. The van der Waals surface area contributed by atoms with E-state index >= 15 is 0 Å². The van der Waals surface area contributed by atoms with Gasteiger partial charge in [-0.05, 0) is 40.8 Å². The second-order valence-corrected chi connectivity index (χ2v) is 4.22. The predicted molar refractivity (Wildman–Crippen MR) is 70.6 cm³/mol. The Balaban J connectivity index is 2.51. The van der Waals surface area contributed by atoms with Crippen molar-refractivity contribution in [2.24, 2.45) is 0 Å². The van der Waals surface area contributed by atoms with Gasteiger partial charge in [-0.1, -0.05) is 36.4 Å². The molecule has 1 nitrogen and oxygen atoms in total. The normalized spacial score (nSPS) is 11.1. The summed E-state index contributed by atoms with van der Waals surface area (Å²) in [6.07, 6.45) is 0. The average Bonchev–Trinajstić information content (AvgIpc) is 2.32. The smallest absolute Gasteiger partial charge is 0.0423 e. The summed E-state index contributed by atoms with van der Waals surface area (Å²) in [5, 5.41) is 4.87. The summed E-state index contributed by atoms with van der Waals surface area (Å²) < 4.78 is 0. The largest absolute Gasteiger partial charge is 0.398 e. The van der Waals surface area contributed by atoms with Gasteiger partial charge in [0, 0.05) is 11.1 Å². The second-order valence-electron chi connectivity index (χ2n) is 4.22. The number of fused-ring (bicyclic) bond motifs is 2. The number of benzene rings is 3. The zero-order valence-electron chi connectivity index (χ0n) is 9.20. The molecule has 0 aliphatic rings. The lowest BCUT2D eigenvalue weighted by atomic mass is 10.0. The molecule has 78 valence electrons. The molecule has 16 heavy (non-hydrogen) atoms. The summed E-state index contributed by atoms with van der Waals surface area (Å²) >= 11 is 0. The third-order valence-corrected chi connectivity index (χ3v) is 3.15. The van der Waals surface area contributed by atoms with E-state index in [1.807, 2.05) is 6.92 Å². The minimum absolute atomic E-state index is 0.892. The van der Waals surface area contributed by atoms with E-state index in [1.54, 1.807) is 0 Å². The van der Waals surface area contributed by atoms with Gasteiger partial charge in [0.15, 0.2) is 0 Å². The molecule has 0 atom stereocenters. The molecule has 3 rings (SSSR count). The third-order valence-electron chi connectivity index (χ3n) is 3.15. The molecule has 0 amide bonds. The summed E-state index contributed by atoms with van der Waals surface area (Å²) in [6, 6.07) is 16.9. The van der Waals surface area contributed by atoms with Crippen LogP contribution in [-0.2, 0) is 0 Å². The standard InChI is InChI=1S/C15H13N/c1-10-6-7-13-8-11-4-2-3-5-12(11)9-14(13)15(10)16/h2-9H,16H2,1H3. The topological polar surface area (TPSA) is 26.0 Å². The van der Waals surface area contributed by atoms with Crippen LogP contribution in [0.15, 0.2) is 48.5 Å². The van der Waals surface area contributed by atoms with E-state index in [9.17, 15) is 0 Å². The summed E-state index contributed by atoms with van der Waals surface area (Å²) in [5.74, 6) is 0. The zero-order valence-corrected chi connectivity index (χ0v) is 9.20. The van der Waals surface area contributed by atoms with Crippen LogP contribution in [0.5, 0.6) is 0 Å². The first-order valence-corrected chi connectivity index (χ1v) is 5.43. The highest BCUT2D eigenvalue weighted by molar-refractivity contribution is 6.03. The van der Waals surface area contributed by atoms with Gasteiger partial charge >= 0.3 is 0 Å². The molecule has 0 aliphatic heterocycles. The Kier molecular flexibility index (Phi) is 1.87. The molecule has 0 bridgehead atoms. The van der Waals surface area contributed by atoms with Crippen LogP contribution in [0.3, 0.4) is 0 Å². The first-order chi connectivity index (χ1) is 7.75. The first kappa shape index (κ1) is 9.22. The number of anilines is 1. The van der Waals surface area contributed by atoms with Crippen molar-refractivity contribution >= 4 is 27.2 Å². The molecule has 0 aliphatic carbocycles. The number of nitrogens with two attached hydrogens (primary N) is 1. The lowest BCUT2D eigenvalue weighted by Crippen LogP contribution is -1.91. The minimum atomic E-state index is 0.892. The molecular weight excluding hydrogens is 194 g/mol. The predicted octanol–water partition coefficient (Wildman–Crippen LogP) is 3.88. The Morgan fingerprint density at radius 2 is 1.50 bits per heavy atom. The van der Waals surface area contributed by atoms with Gasteiger partial charge in [0.2, 0.25) is 0 Å². The van der Waals surface area contributed by atoms with Gasteiger partial charge in [-0.25, -0.2) is 0 Å². The number of hydrogen-bond donors (Lipinski definition) is 1. The number of nitrogen functional groups attached to an aromatic ring is 1. The Morgan fingerprint density at radius 3 is 2.25 bits per heavy atom. The monoisotopic (exact) mass is 207 g/mol. The van der Waals surface area contributed by atoms with Gasteiger partial charge in [-0.2, -0.15) is 0 Å². The Hall–Kier alpha value is -2.02. The molecule has 3 aromatic carbocycles. The van der Waals surface area contributed by atoms with Crippen LogP contribution in [0.25, 0.3) is 21.5 Å². The van der Waals surface area contributed by atoms with Gasteiger partial charge in [0.1, 0.15) is 0 Å². The summed E-state index contributed by atoms with van der Waals surface area (Å²) in [4.78, 5) is 0. The summed E-state index contributed by atoms with van der Waals surface area (Å²) in [5.41, 5.74) is 8.14. The van der Waals surface area contributed by atoms with Crippen molar-refractivity contribution in [3.05, 3.63) is 54.1 Å². The fourth-order valence-electron chi connectivity index (χ4n) is 2.15. The van der Waals surface area contributed by atoms with E-state index in [0.29, 0.717) is 0 Å². The highest BCUT2D eigenvalue weighted by atomic mass is 14.6. The van der Waals surface area contributed by atoms with E-state index in [2.05, 4.69) is 48.5 Å². The maximum Gasteiger partial charge on any atom is 0.0423 e. The molecule has 1 heteroatoms. The van der Waals surface area contributed by atoms with Crippen LogP contribution < -0.4 is 5.73 Å². The second kappa shape index (κ2) is 3.24. The van der Waals surface area contributed by atoms with Gasteiger partial charge in [-0.15, -0.1) is 0 Å². The number of aryl methyl sites for hydroxylation is 1. The van der Waals surface area contributed by atoms with E-state index in [1.165, 1.54) is 16.2 Å². The summed E-state index contributed by atoms with van der Waals surface area (Å²) in [6.45, 7) is 2.05.